The summed E-state index contributed by atoms with van der Waals surface area (Å²) in [7, 11) is 0. The lowest BCUT2D eigenvalue weighted by molar-refractivity contribution is -0.118. The molecule has 0 saturated carbocycles. The van der Waals surface area contributed by atoms with Crippen LogP contribution in [0.3, 0.4) is 0 Å². The van der Waals surface area contributed by atoms with Gasteiger partial charge in [0.05, 0.1) is 11.6 Å². The van der Waals surface area contributed by atoms with E-state index < -0.39 is 0 Å². The van der Waals surface area contributed by atoms with Crippen molar-refractivity contribution in [3.63, 3.8) is 0 Å². The first-order valence-corrected chi connectivity index (χ1v) is 7.83. The maximum Gasteiger partial charge on any atom is 0.262 e. The average molecular weight is 322 g/mol. The fourth-order valence-corrected chi connectivity index (χ4v) is 2.32. The smallest absolute Gasteiger partial charge is 0.262 e. The van der Waals surface area contributed by atoms with Gasteiger partial charge in [0.15, 0.2) is 6.61 Å². The Morgan fingerprint density at radius 1 is 1.17 bits per heavy atom. The monoisotopic (exact) mass is 322 g/mol. The number of nitrogens with one attached hydrogen (secondary N) is 1. The summed E-state index contributed by atoms with van der Waals surface area (Å²) < 4.78 is 5.73. The van der Waals surface area contributed by atoms with E-state index in [2.05, 4.69) is 32.2 Å². The summed E-state index contributed by atoms with van der Waals surface area (Å²) in [5.74, 6) is 0.489. The Hall–Kier alpha value is -2.80. The summed E-state index contributed by atoms with van der Waals surface area (Å²) >= 11 is 0. The molecule has 124 valence electrons. The molecule has 2 aromatic carbocycles. The Balaban J connectivity index is 2.02. The zero-order valence-corrected chi connectivity index (χ0v) is 14.5. The molecular formula is C20H22N2O2. The summed E-state index contributed by atoms with van der Waals surface area (Å²) in [5.41, 5.74) is 3.37. The number of carbonyl (C=O) groups excluding carboxylic acids is 1. The van der Waals surface area contributed by atoms with Crippen molar-refractivity contribution >= 4 is 11.6 Å². The van der Waals surface area contributed by atoms with Crippen LogP contribution in [0.5, 0.6) is 5.75 Å². The number of carbonyl (C=O) groups is 1. The van der Waals surface area contributed by atoms with E-state index in [1.54, 1.807) is 24.3 Å². The lowest BCUT2D eigenvalue weighted by Crippen LogP contribution is -2.22. The lowest BCUT2D eigenvalue weighted by Gasteiger charge is -2.23. The van der Waals surface area contributed by atoms with E-state index >= 15 is 0 Å². The number of benzene rings is 2. The summed E-state index contributed by atoms with van der Waals surface area (Å²) in [6.07, 6.45) is 0. The van der Waals surface area contributed by atoms with Gasteiger partial charge in [-0.05, 0) is 48.2 Å². The number of aryl methyl sites for hydroxylation is 1. The van der Waals surface area contributed by atoms with E-state index in [-0.39, 0.29) is 17.9 Å². The molecule has 1 amide bonds. The van der Waals surface area contributed by atoms with Crippen LogP contribution in [0, 0.1) is 18.3 Å². The van der Waals surface area contributed by atoms with Crippen LogP contribution >= 0.6 is 0 Å². The minimum Gasteiger partial charge on any atom is -0.483 e. The van der Waals surface area contributed by atoms with Gasteiger partial charge >= 0.3 is 0 Å². The first-order valence-electron chi connectivity index (χ1n) is 7.83. The van der Waals surface area contributed by atoms with Crippen LogP contribution in [0.1, 0.15) is 37.5 Å². The number of ether oxygens (including phenoxy) is 1. The molecule has 4 nitrogen and oxygen atoms in total. The van der Waals surface area contributed by atoms with Gasteiger partial charge in [0.25, 0.3) is 5.91 Å². The van der Waals surface area contributed by atoms with Gasteiger partial charge in [-0.15, -0.1) is 0 Å². The van der Waals surface area contributed by atoms with E-state index in [0.717, 1.165) is 16.9 Å². The Morgan fingerprint density at radius 2 is 1.83 bits per heavy atom. The number of rotatable bonds is 4. The molecule has 0 aromatic heterocycles. The van der Waals surface area contributed by atoms with E-state index in [4.69, 9.17) is 10.00 Å². The highest BCUT2D eigenvalue weighted by atomic mass is 16.5. The number of amides is 1. The molecule has 0 fully saturated rings. The molecule has 0 aliphatic carbocycles. The predicted molar refractivity (Wildman–Crippen MR) is 95.2 cm³/mol. The standard InChI is InChI=1S/C20H22N2O2/c1-14-5-10-18(17(11-14)20(2,3)4)24-13-19(23)22-16-8-6-15(12-21)7-9-16/h5-11H,13H2,1-4H3,(H,22,23). The molecule has 0 bridgehead atoms. The van der Waals surface area contributed by atoms with Crippen LogP contribution in [0.15, 0.2) is 42.5 Å². The maximum atomic E-state index is 12.1. The van der Waals surface area contributed by atoms with Gasteiger partial charge in [0.1, 0.15) is 5.75 Å². The number of hydrogen-bond acceptors (Lipinski definition) is 3. The van der Waals surface area contributed by atoms with E-state index in [1.807, 2.05) is 25.1 Å². The van der Waals surface area contributed by atoms with Crippen molar-refractivity contribution in [3.05, 3.63) is 59.2 Å². The molecular weight excluding hydrogens is 300 g/mol. The number of anilines is 1. The molecule has 0 heterocycles. The van der Waals surface area contributed by atoms with E-state index in [1.165, 1.54) is 0 Å². The quantitative estimate of drug-likeness (QED) is 0.918. The third-order valence-electron chi connectivity index (χ3n) is 3.60. The van der Waals surface area contributed by atoms with Crippen LogP contribution in [0.25, 0.3) is 0 Å². The zero-order chi connectivity index (χ0) is 17.7. The van der Waals surface area contributed by atoms with Crippen LogP contribution in [0.2, 0.25) is 0 Å². The van der Waals surface area contributed by atoms with Crippen LogP contribution < -0.4 is 10.1 Å². The van der Waals surface area contributed by atoms with Gasteiger partial charge < -0.3 is 10.1 Å². The largest absolute Gasteiger partial charge is 0.483 e. The molecule has 0 aliphatic rings. The molecule has 1 N–H and O–H groups in total. The van der Waals surface area contributed by atoms with Crippen LogP contribution in [-0.2, 0) is 10.2 Å². The first-order chi connectivity index (χ1) is 11.3. The van der Waals surface area contributed by atoms with Crippen LogP contribution in [0.4, 0.5) is 5.69 Å². The third kappa shape index (κ3) is 4.60. The second kappa shape index (κ2) is 7.18. The third-order valence-corrected chi connectivity index (χ3v) is 3.60. The van der Waals surface area contributed by atoms with E-state index in [9.17, 15) is 4.79 Å². The van der Waals surface area contributed by atoms with Gasteiger partial charge in [0, 0.05) is 5.69 Å². The number of nitrogens with zero attached hydrogens (tertiary/aromatic N) is 1. The fraction of sp³-hybridized carbons (Fsp3) is 0.300. The van der Waals surface area contributed by atoms with Gasteiger partial charge in [-0.3, -0.25) is 4.79 Å². The highest BCUT2D eigenvalue weighted by Crippen LogP contribution is 2.32. The summed E-state index contributed by atoms with van der Waals surface area (Å²) in [6, 6.07) is 14.7. The molecule has 0 unspecified atom stereocenters. The first kappa shape index (κ1) is 17.6. The van der Waals surface area contributed by atoms with Crippen molar-refractivity contribution in [3.8, 4) is 11.8 Å². The van der Waals surface area contributed by atoms with Crippen molar-refractivity contribution in [1.82, 2.24) is 0 Å². The van der Waals surface area contributed by atoms with Gasteiger partial charge in [-0.25, -0.2) is 0 Å². The lowest BCUT2D eigenvalue weighted by atomic mass is 9.85. The van der Waals surface area contributed by atoms with E-state index in [0.29, 0.717) is 11.3 Å². The van der Waals surface area contributed by atoms with Crippen molar-refractivity contribution in [1.29, 1.82) is 5.26 Å². The molecule has 0 radical (unpaired) electrons. The summed E-state index contributed by atoms with van der Waals surface area (Å²) in [6.45, 7) is 8.32. The molecule has 0 aliphatic heterocycles. The molecule has 4 heteroatoms. The second-order valence-electron chi connectivity index (χ2n) is 6.78. The Labute approximate surface area is 143 Å². The van der Waals surface area contributed by atoms with Crippen LogP contribution in [-0.4, -0.2) is 12.5 Å². The SMILES string of the molecule is Cc1ccc(OCC(=O)Nc2ccc(C#N)cc2)c(C(C)(C)C)c1. The molecule has 2 aromatic rings. The minimum atomic E-state index is -0.236. The molecule has 0 spiro atoms. The van der Waals surface area contributed by atoms with Crippen molar-refractivity contribution in [2.75, 3.05) is 11.9 Å². The number of hydrogen-bond donors (Lipinski definition) is 1. The van der Waals surface area contributed by atoms with Gasteiger partial charge in [0.2, 0.25) is 0 Å². The second-order valence-corrected chi connectivity index (χ2v) is 6.78. The highest BCUT2D eigenvalue weighted by molar-refractivity contribution is 5.91. The predicted octanol–water partition coefficient (Wildman–Crippen LogP) is 4.18. The molecule has 24 heavy (non-hydrogen) atoms. The van der Waals surface area contributed by atoms with Crippen molar-refractivity contribution in [2.24, 2.45) is 0 Å². The normalized spacial score (nSPS) is 10.8. The van der Waals surface area contributed by atoms with Crippen molar-refractivity contribution < 1.29 is 9.53 Å². The zero-order valence-electron chi connectivity index (χ0n) is 14.5. The number of nitriles is 1. The average Bonchev–Trinajstić information content (AvgIpc) is 2.53. The molecule has 0 saturated heterocycles. The molecule has 0 atom stereocenters. The Kier molecular flexibility index (Phi) is 5.25. The fourth-order valence-electron chi connectivity index (χ4n) is 2.32. The van der Waals surface area contributed by atoms with Crippen molar-refractivity contribution in [2.45, 2.75) is 33.1 Å². The maximum absolute atomic E-state index is 12.1. The highest BCUT2D eigenvalue weighted by Gasteiger charge is 2.19. The Bertz CT molecular complexity index is 766. The molecule has 2 rings (SSSR count). The topological polar surface area (TPSA) is 62.1 Å². The summed E-state index contributed by atoms with van der Waals surface area (Å²) in [4.78, 5) is 12.1. The summed E-state index contributed by atoms with van der Waals surface area (Å²) in [5, 5.41) is 11.5. The van der Waals surface area contributed by atoms with Gasteiger partial charge in [-0.2, -0.15) is 5.26 Å². The van der Waals surface area contributed by atoms with Gasteiger partial charge in [-0.1, -0.05) is 38.5 Å². The Morgan fingerprint density at radius 3 is 2.42 bits per heavy atom. The minimum absolute atomic E-state index is 0.0634.